The van der Waals surface area contributed by atoms with Gasteiger partial charge in [-0.25, -0.2) is 9.97 Å². The third kappa shape index (κ3) is 3.49. The van der Waals surface area contributed by atoms with Crippen molar-refractivity contribution in [2.24, 2.45) is 11.7 Å². The standard InChI is InChI=1S/C12H18N4O/c13-12(17)11-7-10(15-8-16-11)6-9-2-1-4-14-5-3-9/h7-9,14H,1-6H2,(H2,13,17)/t9-/m0/s1. The maximum absolute atomic E-state index is 11.0. The van der Waals surface area contributed by atoms with Crippen molar-refractivity contribution in [3.8, 4) is 0 Å². The first-order chi connectivity index (χ1) is 8.25. The molecule has 0 aliphatic carbocycles. The minimum atomic E-state index is -0.490. The number of aromatic nitrogens is 2. The first kappa shape index (κ1) is 12.0. The van der Waals surface area contributed by atoms with Gasteiger partial charge in [-0.3, -0.25) is 4.79 Å². The van der Waals surface area contributed by atoms with E-state index in [0.717, 1.165) is 31.6 Å². The van der Waals surface area contributed by atoms with Crippen molar-refractivity contribution >= 4 is 5.91 Å². The summed E-state index contributed by atoms with van der Waals surface area (Å²) in [6, 6.07) is 1.71. The number of carbonyl (C=O) groups excluding carboxylic acids is 1. The zero-order valence-electron chi connectivity index (χ0n) is 9.85. The highest BCUT2D eigenvalue weighted by Crippen LogP contribution is 2.18. The first-order valence-electron chi connectivity index (χ1n) is 6.07. The number of rotatable bonds is 3. The smallest absolute Gasteiger partial charge is 0.267 e. The van der Waals surface area contributed by atoms with Crippen molar-refractivity contribution in [1.82, 2.24) is 15.3 Å². The fourth-order valence-electron chi connectivity index (χ4n) is 2.24. The summed E-state index contributed by atoms with van der Waals surface area (Å²) >= 11 is 0. The second kappa shape index (κ2) is 5.72. The highest BCUT2D eigenvalue weighted by molar-refractivity contribution is 5.90. The molecule has 17 heavy (non-hydrogen) atoms. The Morgan fingerprint density at radius 2 is 2.29 bits per heavy atom. The number of hydrogen-bond acceptors (Lipinski definition) is 4. The van der Waals surface area contributed by atoms with E-state index in [-0.39, 0.29) is 0 Å². The molecule has 1 aliphatic heterocycles. The van der Waals surface area contributed by atoms with Crippen LogP contribution in [0.15, 0.2) is 12.4 Å². The SMILES string of the molecule is NC(=O)c1cc(C[C@H]2CCCNCC2)ncn1. The Morgan fingerprint density at radius 3 is 3.12 bits per heavy atom. The molecule has 2 rings (SSSR count). The molecule has 1 aliphatic rings. The Bertz CT molecular complexity index is 386. The lowest BCUT2D eigenvalue weighted by Gasteiger charge is -2.12. The summed E-state index contributed by atoms with van der Waals surface area (Å²) in [6.45, 7) is 2.17. The molecule has 0 bridgehead atoms. The van der Waals surface area contributed by atoms with E-state index < -0.39 is 5.91 Å². The fraction of sp³-hybridized carbons (Fsp3) is 0.583. The average molecular weight is 234 g/mol. The Kier molecular flexibility index (Phi) is 4.03. The number of amides is 1. The predicted molar refractivity (Wildman–Crippen MR) is 64.5 cm³/mol. The van der Waals surface area contributed by atoms with Gasteiger partial charge >= 0.3 is 0 Å². The molecule has 0 aromatic carbocycles. The Labute approximate surface area is 101 Å². The van der Waals surface area contributed by atoms with Gasteiger partial charge in [0.15, 0.2) is 0 Å². The molecule has 1 aromatic rings. The second-order valence-corrected chi connectivity index (χ2v) is 4.51. The maximum atomic E-state index is 11.0. The van der Waals surface area contributed by atoms with E-state index >= 15 is 0 Å². The van der Waals surface area contributed by atoms with Crippen LogP contribution in [0.1, 0.15) is 35.4 Å². The summed E-state index contributed by atoms with van der Waals surface area (Å²) in [6.07, 6.45) is 5.91. The lowest BCUT2D eigenvalue weighted by atomic mass is 9.95. The number of nitrogens with one attached hydrogen (secondary N) is 1. The molecule has 3 N–H and O–H groups in total. The van der Waals surface area contributed by atoms with Gasteiger partial charge in [0.1, 0.15) is 12.0 Å². The molecule has 2 heterocycles. The van der Waals surface area contributed by atoms with Crippen LogP contribution in [-0.2, 0) is 6.42 Å². The van der Waals surface area contributed by atoms with Crippen LogP contribution < -0.4 is 11.1 Å². The molecule has 0 unspecified atom stereocenters. The summed E-state index contributed by atoms with van der Waals surface area (Å²) in [5.41, 5.74) is 6.43. The zero-order valence-corrected chi connectivity index (χ0v) is 9.85. The normalized spacial score (nSPS) is 20.8. The van der Waals surface area contributed by atoms with Gasteiger partial charge in [0, 0.05) is 5.69 Å². The van der Waals surface area contributed by atoms with E-state index in [4.69, 9.17) is 5.73 Å². The molecule has 1 amide bonds. The topological polar surface area (TPSA) is 80.9 Å². The number of hydrogen-bond donors (Lipinski definition) is 2. The molecular formula is C12H18N4O. The van der Waals surface area contributed by atoms with Crippen molar-refractivity contribution in [1.29, 1.82) is 0 Å². The highest BCUT2D eigenvalue weighted by Gasteiger charge is 2.14. The van der Waals surface area contributed by atoms with E-state index in [1.165, 1.54) is 19.2 Å². The largest absolute Gasteiger partial charge is 0.364 e. The zero-order chi connectivity index (χ0) is 12.1. The third-order valence-electron chi connectivity index (χ3n) is 3.17. The van der Waals surface area contributed by atoms with Crippen LogP contribution in [0.3, 0.4) is 0 Å². The molecule has 5 nitrogen and oxygen atoms in total. The van der Waals surface area contributed by atoms with Gasteiger partial charge in [0.2, 0.25) is 0 Å². The van der Waals surface area contributed by atoms with Crippen molar-refractivity contribution < 1.29 is 4.79 Å². The molecule has 1 atom stereocenters. The van der Waals surface area contributed by atoms with Crippen LogP contribution in [0.25, 0.3) is 0 Å². The second-order valence-electron chi connectivity index (χ2n) is 4.51. The van der Waals surface area contributed by atoms with Crippen molar-refractivity contribution in [2.75, 3.05) is 13.1 Å². The van der Waals surface area contributed by atoms with Gasteiger partial charge in [-0.1, -0.05) is 0 Å². The van der Waals surface area contributed by atoms with Crippen LogP contribution in [0.4, 0.5) is 0 Å². The molecule has 1 aromatic heterocycles. The van der Waals surface area contributed by atoms with Crippen molar-refractivity contribution in [2.45, 2.75) is 25.7 Å². The Morgan fingerprint density at radius 1 is 1.41 bits per heavy atom. The molecule has 0 saturated carbocycles. The molecule has 0 radical (unpaired) electrons. The van der Waals surface area contributed by atoms with Crippen LogP contribution >= 0.6 is 0 Å². The molecule has 5 heteroatoms. The van der Waals surface area contributed by atoms with Crippen LogP contribution in [0.2, 0.25) is 0 Å². The Hall–Kier alpha value is -1.49. The molecule has 1 saturated heterocycles. The summed E-state index contributed by atoms with van der Waals surface area (Å²) in [5.74, 6) is 0.150. The number of carbonyl (C=O) groups is 1. The molecule has 92 valence electrons. The number of nitrogens with zero attached hydrogens (tertiary/aromatic N) is 2. The fourth-order valence-corrected chi connectivity index (χ4v) is 2.24. The predicted octanol–water partition coefficient (Wildman–Crippen LogP) is 0.508. The third-order valence-corrected chi connectivity index (χ3v) is 3.17. The van der Waals surface area contributed by atoms with Crippen LogP contribution in [0.5, 0.6) is 0 Å². The maximum Gasteiger partial charge on any atom is 0.267 e. The van der Waals surface area contributed by atoms with Crippen molar-refractivity contribution in [3.63, 3.8) is 0 Å². The monoisotopic (exact) mass is 234 g/mol. The Balaban J connectivity index is 2.01. The molecule has 0 spiro atoms. The van der Waals surface area contributed by atoms with E-state index in [2.05, 4.69) is 15.3 Å². The first-order valence-corrected chi connectivity index (χ1v) is 6.07. The van der Waals surface area contributed by atoms with Gasteiger partial charge in [-0.2, -0.15) is 0 Å². The summed E-state index contributed by atoms with van der Waals surface area (Å²) in [5, 5.41) is 3.39. The number of primary amides is 1. The summed E-state index contributed by atoms with van der Waals surface area (Å²) < 4.78 is 0. The van der Waals surface area contributed by atoms with Gasteiger partial charge < -0.3 is 11.1 Å². The van der Waals surface area contributed by atoms with Crippen LogP contribution in [0, 0.1) is 5.92 Å². The highest BCUT2D eigenvalue weighted by atomic mass is 16.1. The van der Waals surface area contributed by atoms with Gasteiger partial charge in [-0.05, 0) is 50.8 Å². The lowest BCUT2D eigenvalue weighted by molar-refractivity contribution is 0.0995. The minimum Gasteiger partial charge on any atom is -0.364 e. The molecule has 1 fully saturated rings. The summed E-state index contributed by atoms with van der Waals surface area (Å²) in [7, 11) is 0. The van der Waals surface area contributed by atoms with Crippen molar-refractivity contribution in [3.05, 3.63) is 23.8 Å². The molecular weight excluding hydrogens is 216 g/mol. The average Bonchev–Trinajstić information content (AvgIpc) is 2.58. The van der Waals surface area contributed by atoms with Gasteiger partial charge in [-0.15, -0.1) is 0 Å². The minimum absolute atomic E-state index is 0.307. The quantitative estimate of drug-likeness (QED) is 0.798. The lowest BCUT2D eigenvalue weighted by Crippen LogP contribution is -2.16. The van der Waals surface area contributed by atoms with E-state index in [0.29, 0.717) is 11.6 Å². The van der Waals surface area contributed by atoms with E-state index in [1.54, 1.807) is 6.07 Å². The summed E-state index contributed by atoms with van der Waals surface area (Å²) in [4.78, 5) is 19.1. The number of nitrogens with two attached hydrogens (primary N) is 1. The van der Waals surface area contributed by atoms with Gasteiger partial charge in [0.25, 0.3) is 5.91 Å². The van der Waals surface area contributed by atoms with Crippen LogP contribution in [-0.4, -0.2) is 29.0 Å². The van der Waals surface area contributed by atoms with E-state index in [9.17, 15) is 4.79 Å². The van der Waals surface area contributed by atoms with Gasteiger partial charge in [0.05, 0.1) is 0 Å². The van der Waals surface area contributed by atoms with E-state index in [1.807, 2.05) is 0 Å².